The van der Waals surface area contributed by atoms with Crippen LogP contribution in [0.3, 0.4) is 0 Å². The van der Waals surface area contributed by atoms with Crippen molar-refractivity contribution in [2.24, 2.45) is 0 Å². The maximum absolute atomic E-state index is 14.3. The third-order valence-electron chi connectivity index (χ3n) is 4.34. The molecule has 1 spiro atoms. The Labute approximate surface area is 118 Å². The lowest BCUT2D eigenvalue weighted by Crippen LogP contribution is -2.55. The van der Waals surface area contributed by atoms with E-state index in [1.165, 1.54) is 6.20 Å². The number of fused-ring (bicyclic) bond motifs is 4. The fourth-order valence-corrected chi connectivity index (χ4v) is 3.25. The van der Waals surface area contributed by atoms with Crippen molar-refractivity contribution in [3.05, 3.63) is 38.8 Å². The molecule has 1 fully saturated rings. The SMILES string of the molecule is CN1Cc2c([nH]c(=O)c3cnc(Cl)c(F)c23)C12COC2. The Kier molecular flexibility index (Phi) is 2.32. The number of nitrogens with one attached hydrogen (secondary N) is 1. The van der Waals surface area contributed by atoms with Crippen LogP contribution < -0.4 is 5.56 Å². The van der Waals surface area contributed by atoms with Gasteiger partial charge in [-0.1, -0.05) is 11.6 Å². The standard InChI is InChI=1S/C13H11ClFN3O2/c1-18-3-7-8-6(2-16-11(14)9(8)15)12(19)17-10(7)13(18)4-20-5-13/h2H,3-5H2,1H3,(H,17,19). The number of hydrogen-bond donors (Lipinski definition) is 1. The van der Waals surface area contributed by atoms with Crippen LogP contribution in [0.5, 0.6) is 0 Å². The molecule has 0 saturated carbocycles. The number of rotatable bonds is 0. The van der Waals surface area contributed by atoms with E-state index >= 15 is 0 Å². The molecule has 2 aromatic heterocycles. The van der Waals surface area contributed by atoms with Gasteiger partial charge < -0.3 is 9.72 Å². The third kappa shape index (κ3) is 1.29. The quantitative estimate of drug-likeness (QED) is 0.746. The first-order chi connectivity index (χ1) is 9.54. The molecule has 0 atom stereocenters. The van der Waals surface area contributed by atoms with Gasteiger partial charge in [0.1, 0.15) is 5.54 Å². The Bertz CT molecular complexity index is 800. The summed E-state index contributed by atoms with van der Waals surface area (Å²) in [6.07, 6.45) is 1.32. The summed E-state index contributed by atoms with van der Waals surface area (Å²) in [6.45, 7) is 1.54. The average Bonchev–Trinajstić information content (AvgIpc) is 2.65. The number of pyridine rings is 2. The molecule has 4 heterocycles. The minimum atomic E-state index is -0.628. The molecule has 20 heavy (non-hydrogen) atoms. The maximum Gasteiger partial charge on any atom is 0.257 e. The number of hydrogen-bond acceptors (Lipinski definition) is 4. The van der Waals surface area contributed by atoms with Crippen LogP contribution in [-0.4, -0.2) is 35.1 Å². The van der Waals surface area contributed by atoms with E-state index in [9.17, 15) is 9.18 Å². The van der Waals surface area contributed by atoms with Gasteiger partial charge in [-0.3, -0.25) is 9.69 Å². The molecule has 0 radical (unpaired) electrons. The first-order valence-corrected chi connectivity index (χ1v) is 6.61. The van der Waals surface area contributed by atoms with Gasteiger partial charge in [0, 0.05) is 23.8 Å². The Morgan fingerprint density at radius 2 is 2.30 bits per heavy atom. The highest BCUT2D eigenvalue weighted by molar-refractivity contribution is 6.30. The van der Waals surface area contributed by atoms with Crippen molar-refractivity contribution < 1.29 is 9.13 Å². The van der Waals surface area contributed by atoms with Crippen molar-refractivity contribution in [1.82, 2.24) is 14.9 Å². The van der Waals surface area contributed by atoms with Crippen LogP contribution >= 0.6 is 11.6 Å². The number of halogens is 2. The number of aromatic amines is 1. The molecule has 5 nitrogen and oxygen atoms in total. The van der Waals surface area contributed by atoms with Gasteiger partial charge in [0.05, 0.1) is 18.6 Å². The van der Waals surface area contributed by atoms with E-state index in [0.717, 1.165) is 11.3 Å². The zero-order valence-corrected chi connectivity index (χ0v) is 11.4. The van der Waals surface area contributed by atoms with Crippen LogP contribution in [0.4, 0.5) is 4.39 Å². The maximum atomic E-state index is 14.3. The normalized spacial score (nSPS) is 20.4. The molecule has 4 rings (SSSR count). The second kappa shape index (κ2) is 3.78. The number of aromatic nitrogens is 2. The molecule has 2 aliphatic heterocycles. The highest BCUT2D eigenvalue weighted by Crippen LogP contribution is 2.44. The van der Waals surface area contributed by atoms with Crippen LogP contribution in [0.25, 0.3) is 10.8 Å². The van der Waals surface area contributed by atoms with Crippen molar-refractivity contribution in [3.8, 4) is 0 Å². The van der Waals surface area contributed by atoms with E-state index in [1.807, 2.05) is 7.05 Å². The molecular weight excluding hydrogens is 285 g/mol. The highest BCUT2D eigenvalue weighted by Gasteiger charge is 2.51. The molecule has 2 aromatic rings. The van der Waals surface area contributed by atoms with E-state index in [0.29, 0.717) is 19.8 Å². The summed E-state index contributed by atoms with van der Waals surface area (Å²) in [4.78, 5) is 20.8. The Morgan fingerprint density at radius 3 is 2.95 bits per heavy atom. The second-order valence-corrected chi connectivity index (χ2v) is 5.70. The summed E-state index contributed by atoms with van der Waals surface area (Å²) in [7, 11) is 1.94. The lowest BCUT2D eigenvalue weighted by molar-refractivity contribution is -0.133. The monoisotopic (exact) mass is 295 g/mol. The van der Waals surface area contributed by atoms with Gasteiger partial charge in [-0.2, -0.15) is 0 Å². The Hall–Kier alpha value is -1.50. The van der Waals surface area contributed by atoms with Crippen LogP contribution in [0.1, 0.15) is 11.3 Å². The van der Waals surface area contributed by atoms with Crippen molar-refractivity contribution in [3.63, 3.8) is 0 Å². The van der Waals surface area contributed by atoms with Crippen LogP contribution in [-0.2, 0) is 16.8 Å². The predicted octanol–water partition coefficient (Wildman–Crippen LogP) is 1.39. The van der Waals surface area contributed by atoms with E-state index in [4.69, 9.17) is 16.3 Å². The van der Waals surface area contributed by atoms with Crippen molar-refractivity contribution in [2.45, 2.75) is 12.1 Å². The van der Waals surface area contributed by atoms with Gasteiger partial charge in [0.15, 0.2) is 11.0 Å². The van der Waals surface area contributed by atoms with Gasteiger partial charge >= 0.3 is 0 Å². The fraction of sp³-hybridized carbons (Fsp3) is 0.385. The van der Waals surface area contributed by atoms with E-state index in [1.54, 1.807) is 0 Å². The molecule has 0 aliphatic carbocycles. The first-order valence-electron chi connectivity index (χ1n) is 6.23. The fourth-order valence-electron chi connectivity index (χ4n) is 3.11. The average molecular weight is 296 g/mol. The van der Waals surface area contributed by atoms with Gasteiger partial charge in [0.2, 0.25) is 0 Å². The number of nitrogens with zero attached hydrogens (tertiary/aromatic N) is 2. The molecule has 0 bridgehead atoms. The smallest absolute Gasteiger partial charge is 0.257 e. The molecule has 7 heteroatoms. The Balaban J connectivity index is 2.14. The first kappa shape index (κ1) is 12.3. The molecule has 0 aromatic carbocycles. The van der Waals surface area contributed by atoms with Crippen molar-refractivity contribution in [1.29, 1.82) is 0 Å². The topological polar surface area (TPSA) is 58.2 Å². The van der Waals surface area contributed by atoms with Crippen molar-refractivity contribution >= 4 is 22.4 Å². The van der Waals surface area contributed by atoms with Gasteiger partial charge in [-0.05, 0) is 12.6 Å². The van der Waals surface area contributed by atoms with Crippen molar-refractivity contribution in [2.75, 3.05) is 20.3 Å². The summed E-state index contributed by atoms with van der Waals surface area (Å²) < 4.78 is 19.6. The largest absolute Gasteiger partial charge is 0.377 e. The highest BCUT2D eigenvalue weighted by atomic mass is 35.5. The number of H-pyrrole nitrogens is 1. The Morgan fingerprint density at radius 1 is 1.55 bits per heavy atom. The van der Waals surface area contributed by atoms with Crippen LogP contribution in [0.2, 0.25) is 5.15 Å². The predicted molar refractivity (Wildman–Crippen MR) is 71.3 cm³/mol. The zero-order valence-electron chi connectivity index (χ0n) is 10.7. The number of ether oxygens (including phenoxy) is 1. The second-order valence-electron chi connectivity index (χ2n) is 5.34. The summed E-state index contributed by atoms with van der Waals surface area (Å²) in [5.41, 5.74) is 0.825. The molecule has 104 valence electrons. The summed E-state index contributed by atoms with van der Waals surface area (Å²) in [6, 6.07) is 0. The third-order valence-corrected chi connectivity index (χ3v) is 4.60. The molecule has 1 N–H and O–H groups in total. The van der Waals surface area contributed by atoms with Gasteiger partial charge in [0.25, 0.3) is 5.56 Å². The number of likely N-dealkylation sites (N-methyl/N-ethyl adjacent to an activating group) is 1. The minimum Gasteiger partial charge on any atom is -0.377 e. The molecule has 1 saturated heterocycles. The molecule has 0 unspecified atom stereocenters. The van der Waals surface area contributed by atoms with Gasteiger partial charge in [-0.15, -0.1) is 0 Å². The van der Waals surface area contributed by atoms with E-state index < -0.39 is 5.82 Å². The molecule has 0 amide bonds. The summed E-state index contributed by atoms with van der Waals surface area (Å²) >= 11 is 5.76. The summed E-state index contributed by atoms with van der Waals surface area (Å²) in [5.74, 6) is -0.628. The minimum absolute atomic E-state index is 0.209. The lowest BCUT2D eigenvalue weighted by atomic mass is 9.91. The summed E-state index contributed by atoms with van der Waals surface area (Å²) in [5, 5.41) is 0.300. The molecular formula is C13H11ClFN3O2. The van der Waals surface area contributed by atoms with E-state index in [2.05, 4.69) is 14.9 Å². The van der Waals surface area contributed by atoms with Crippen LogP contribution in [0, 0.1) is 5.82 Å². The zero-order chi connectivity index (χ0) is 14.1. The van der Waals surface area contributed by atoms with Gasteiger partial charge in [-0.25, -0.2) is 9.37 Å². The van der Waals surface area contributed by atoms with Crippen LogP contribution in [0.15, 0.2) is 11.0 Å². The lowest BCUT2D eigenvalue weighted by Gasteiger charge is -2.43. The molecule has 2 aliphatic rings. The van der Waals surface area contributed by atoms with E-state index in [-0.39, 0.29) is 27.0 Å².